The van der Waals surface area contributed by atoms with Gasteiger partial charge in [-0.15, -0.1) is 0 Å². The Morgan fingerprint density at radius 3 is 2.50 bits per heavy atom. The number of nitrogens with zero attached hydrogens (tertiary/aromatic N) is 2. The molecule has 18 heavy (non-hydrogen) atoms. The lowest BCUT2D eigenvalue weighted by molar-refractivity contribution is -0.137. The van der Waals surface area contributed by atoms with Crippen molar-refractivity contribution in [1.82, 2.24) is 9.78 Å². The van der Waals surface area contributed by atoms with Crippen molar-refractivity contribution < 1.29 is 9.90 Å². The highest BCUT2D eigenvalue weighted by Gasteiger charge is 2.14. The third kappa shape index (κ3) is 2.38. The van der Waals surface area contributed by atoms with Crippen molar-refractivity contribution in [3.8, 4) is 11.1 Å². The molecule has 0 saturated heterocycles. The van der Waals surface area contributed by atoms with Crippen LogP contribution in [0.1, 0.15) is 11.4 Å². The van der Waals surface area contributed by atoms with Crippen molar-refractivity contribution in [1.29, 1.82) is 0 Å². The third-order valence-electron chi connectivity index (χ3n) is 2.80. The zero-order valence-corrected chi connectivity index (χ0v) is 10.9. The summed E-state index contributed by atoms with van der Waals surface area (Å²) >= 11 is 5.85. The first-order valence-electron chi connectivity index (χ1n) is 5.51. The third-order valence-corrected chi connectivity index (χ3v) is 3.05. The van der Waals surface area contributed by atoms with Crippen molar-refractivity contribution in [3.63, 3.8) is 0 Å². The molecule has 94 valence electrons. The molecule has 0 amide bonds. The van der Waals surface area contributed by atoms with E-state index >= 15 is 0 Å². The van der Waals surface area contributed by atoms with E-state index in [9.17, 15) is 4.79 Å². The molecule has 4 nitrogen and oxygen atoms in total. The molecule has 0 unspecified atom stereocenters. The summed E-state index contributed by atoms with van der Waals surface area (Å²) in [5, 5.41) is 13.7. The first-order valence-corrected chi connectivity index (χ1v) is 5.88. The zero-order chi connectivity index (χ0) is 13.3. The normalized spacial score (nSPS) is 10.6. The van der Waals surface area contributed by atoms with Gasteiger partial charge in [-0.3, -0.25) is 9.48 Å². The monoisotopic (exact) mass is 264 g/mol. The van der Waals surface area contributed by atoms with E-state index in [1.54, 1.807) is 0 Å². The van der Waals surface area contributed by atoms with Crippen LogP contribution in [0.3, 0.4) is 0 Å². The number of benzene rings is 1. The molecule has 0 radical (unpaired) electrons. The Balaban J connectivity index is 2.48. The lowest BCUT2D eigenvalue weighted by Crippen LogP contribution is -2.11. The fourth-order valence-corrected chi connectivity index (χ4v) is 2.14. The van der Waals surface area contributed by atoms with Crippen molar-refractivity contribution in [2.45, 2.75) is 20.4 Å². The van der Waals surface area contributed by atoms with Gasteiger partial charge in [-0.25, -0.2) is 0 Å². The first kappa shape index (κ1) is 12.6. The molecular formula is C13H13ClN2O2. The van der Waals surface area contributed by atoms with Crippen LogP contribution in [-0.2, 0) is 11.3 Å². The van der Waals surface area contributed by atoms with E-state index < -0.39 is 5.97 Å². The van der Waals surface area contributed by atoms with Crippen LogP contribution < -0.4 is 0 Å². The van der Waals surface area contributed by atoms with Gasteiger partial charge in [0, 0.05) is 16.3 Å². The fourth-order valence-electron chi connectivity index (χ4n) is 2.01. The lowest BCUT2D eigenvalue weighted by Gasteiger charge is -2.03. The summed E-state index contributed by atoms with van der Waals surface area (Å²) in [7, 11) is 0. The molecule has 2 rings (SSSR count). The van der Waals surface area contributed by atoms with E-state index in [2.05, 4.69) is 5.10 Å². The molecule has 0 aliphatic rings. The second-order valence-electron chi connectivity index (χ2n) is 4.10. The molecule has 0 spiro atoms. The Bertz CT molecular complexity index is 588. The average molecular weight is 265 g/mol. The summed E-state index contributed by atoms with van der Waals surface area (Å²) in [6.07, 6.45) is 0. The number of carbonyl (C=O) groups is 1. The number of carboxylic acids is 1. The Morgan fingerprint density at radius 1 is 1.33 bits per heavy atom. The molecule has 2 aromatic rings. The average Bonchev–Trinajstić information content (AvgIpc) is 2.55. The maximum absolute atomic E-state index is 10.7. The van der Waals surface area contributed by atoms with E-state index in [4.69, 9.17) is 16.7 Å². The van der Waals surface area contributed by atoms with Gasteiger partial charge in [0.25, 0.3) is 0 Å². The summed E-state index contributed by atoms with van der Waals surface area (Å²) in [4.78, 5) is 10.7. The van der Waals surface area contributed by atoms with Crippen molar-refractivity contribution >= 4 is 17.6 Å². The van der Waals surface area contributed by atoms with E-state index in [-0.39, 0.29) is 6.54 Å². The van der Waals surface area contributed by atoms with E-state index in [1.165, 1.54) is 4.68 Å². The van der Waals surface area contributed by atoms with Crippen LogP contribution in [0.2, 0.25) is 5.02 Å². The summed E-state index contributed by atoms with van der Waals surface area (Å²) < 4.78 is 1.50. The van der Waals surface area contributed by atoms with Gasteiger partial charge in [0.1, 0.15) is 6.54 Å². The largest absolute Gasteiger partial charge is 0.480 e. The number of aromatic nitrogens is 2. The summed E-state index contributed by atoms with van der Waals surface area (Å²) in [6, 6.07) is 7.43. The smallest absolute Gasteiger partial charge is 0.325 e. The number of rotatable bonds is 3. The van der Waals surface area contributed by atoms with Gasteiger partial charge < -0.3 is 5.11 Å². The molecule has 0 fully saturated rings. The zero-order valence-electron chi connectivity index (χ0n) is 10.1. The number of hydrogen-bond acceptors (Lipinski definition) is 2. The summed E-state index contributed by atoms with van der Waals surface area (Å²) in [6.45, 7) is 3.61. The van der Waals surface area contributed by atoms with Gasteiger partial charge in [0.15, 0.2) is 0 Å². The van der Waals surface area contributed by atoms with Crippen LogP contribution in [0.25, 0.3) is 11.1 Å². The minimum atomic E-state index is -0.900. The van der Waals surface area contributed by atoms with E-state index in [0.717, 1.165) is 22.5 Å². The molecular weight excluding hydrogens is 252 g/mol. The Labute approximate surface area is 110 Å². The van der Waals surface area contributed by atoms with E-state index in [0.29, 0.717) is 5.02 Å². The van der Waals surface area contributed by atoms with Crippen LogP contribution in [0.15, 0.2) is 24.3 Å². The Hall–Kier alpha value is -1.81. The Kier molecular flexibility index (Phi) is 3.39. The highest BCUT2D eigenvalue weighted by molar-refractivity contribution is 6.30. The van der Waals surface area contributed by atoms with Crippen LogP contribution >= 0.6 is 11.6 Å². The molecule has 0 atom stereocenters. The van der Waals surface area contributed by atoms with Crippen molar-refractivity contribution in [2.24, 2.45) is 0 Å². The first-order chi connectivity index (χ1) is 8.49. The van der Waals surface area contributed by atoms with Gasteiger partial charge in [-0.05, 0) is 31.5 Å². The maximum Gasteiger partial charge on any atom is 0.325 e. The molecule has 0 bridgehead atoms. The van der Waals surface area contributed by atoms with Crippen LogP contribution in [0.4, 0.5) is 0 Å². The summed E-state index contributed by atoms with van der Waals surface area (Å²) in [5.41, 5.74) is 3.62. The van der Waals surface area contributed by atoms with Crippen molar-refractivity contribution in [2.75, 3.05) is 0 Å². The highest BCUT2D eigenvalue weighted by Crippen LogP contribution is 2.27. The number of aryl methyl sites for hydroxylation is 1. The molecule has 1 aromatic carbocycles. The number of carboxylic acid groups (broad SMARTS) is 1. The quantitative estimate of drug-likeness (QED) is 0.927. The predicted octanol–water partition coefficient (Wildman–Crippen LogP) is 2.90. The van der Waals surface area contributed by atoms with E-state index in [1.807, 2.05) is 38.1 Å². The van der Waals surface area contributed by atoms with Crippen molar-refractivity contribution in [3.05, 3.63) is 40.7 Å². The Morgan fingerprint density at radius 2 is 1.94 bits per heavy atom. The lowest BCUT2D eigenvalue weighted by atomic mass is 10.0. The molecule has 0 aliphatic carbocycles. The standard InChI is InChI=1S/C13H13ClN2O2/c1-8-13(10-3-5-11(14)6-4-10)9(2)16(15-8)7-12(17)18/h3-6H,7H2,1-2H3,(H,17,18). The second kappa shape index (κ2) is 4.82. The van der Waals surface area contributed by atoms with Gasteiger partial charge in [0.2, 0.25) is 0 Å². The minimum absolute atomic E-state index is 0.125. The number of aliphatic carboxylic acids is 1. The molecule has 1 heterocycles. The fraction of sp³-hybridized carbons (Fsp3) is 0.231. The molecule has 1 N–H and O–H groups in total. The van der Waals surface area contributed by atoms with Crippen LogP contribution in [0, 0.1) is 13.8 Å². The van der Waals surface area contributed by atoms with Gasteiger partial charge in [0.05, 0.1) is 5.69 Å². The molecule has 5 heteroatoms. The minimum Gasteiger partial charge on any atom is -0.480 e. The summed E-state index contributed by atoms with van der Waals surface area (Å²) in [5.74, 6) is -0.900. The highest BCUT2D eigenvalue weighted by atomic mass is 35.5. The van der Waals surface area contributed by atoms with Gasteiger partial charge >= 0.3 is 5.97 Å². The second-order valence-corrected chi connectivity index (χ2v) is 4.54. The van der Waals surface area contributed by atoms with Gasteiger partial charge in [-0.1, -0.05) is 23.7 Å². The topological polar surface area (TPSA) is 55.1 Å². The molecule has 1 aromatic heterocycles. The molecule has 0 aliphatic heterocycles. The SMILES string of the molecule is Cc1nn(CC(=O)O)c(C)c1-c1ccc(Cl)cc1. The number of hydrogen-bond donors (Lipinski definition) is 1. The van der Waals surface area contributed by atoms with Crippen LogP contribution in [0.5, 0.6) is 0 Å². The predicted molar refractivity (Wildman–Crippen MR) is 69.8 cm³/mol. The van der Waals surface area contributed by atoms with Crippen LogP contribution in [-0.4, -0.2) is 20.9 Å². The molecule has 0 saturated carbocycles. The number of halogens is 1. The maximum atomic E-state index is 10.7. The van der Waals surface area contributed by atoms with Gasteiger partial charge in [-0.2, -0.15) is 5.10 Å².